The van der Waals surface area contributed by atoms with Crippen molar-refractivity contribution in [3.05, 3.63) is 23.8 Å². The number of anilines is 2. The number of nitrogens with two attached hydrogens (primary N) is 1. The van der Waals surface area contributed by atoms with Gasteiger partial charge in [-0.05, 0) is 43.0 Å². The summed E-state index contributed by atoms with van der Waals surface area (Å²) in [4.78, 5) is 0. The van der Waals surface area contributed by atoms with E-state index in [2.05, 4.69) is 17.6 Å². The average molecular weight is 263 g/mol. The van der Waals surface area contributed by atoms with Crippen LogP contribution in [0.3, 0.4) is 0 Å². The van der Waals surface area contributed by atoms with Crippen molar-refractivity contribution in [2.75, 3.05) is 29.6 Å². The van der Waals surface area contributed by atoms with Gasteiger partial charge in [0.1, 0.15) is 6.07 Å². The lowest BCUT2D eigenvalue weighted by Gasteiger charge is -2.07. The van der Waals surface area contributed by atoms with Gasteiger partial charge in [-0.3, -0.25) is 0 Å². The van der Waals surface area contributed by atoms with Gasteiger partial charge in [0.05, 0.1) is 11.3 Å². The fourth-order valence-corrected chi connectivity index (χ4v) is 2.22. The molecule has 4 heteroatoms. The van der Waals surface area contributed by atoms with Crippen molar-refractivity contribution < 1.29 is 0 Å². The number of thioether (sulfide) groups is 1. The first-order valence-corrected chi connectivity index (χ1v) is 7.69. The average Bonchev–Trinajstić information content (AvgIpc) is 2.38. The zero-order chi connectivity index (χ0) is 13.2. The third-order valence-corrected chi connectivity index (χ3v) is 3.47. The lowest BCUT2D eigenvalue weighted by atomic mass is 10.1. The summed E-state index contributed by atoms with van der Waals surface area (Å²) in [5.74, 6) is 1.26. The van der Waals surface area contributed by atoms with Crippen molar-refractivity contribution >= 4 is 23.1 Å². The van der Waals surface area contributed by atoms with Gasteiger partial charge in [0.2, 0.25) is 0 Å². The maximum atomic E-state index is 8.77. The minimum Gasteiger partial charge on any atom is -0.398 e. The van der Waals surface area contributed by atoms with Crippen molar-refractivity contribution in [1.82, 2.24) is 0 Å². The molecular weight excluding hydrogens is 242 g/mol. The highest BCUT2D eigenvalue weighted by atomic mass is 32.2. The molecule has 1 rings (SSSR count). The maximum absolute atomic E-state index is 8.77. The minimum atomic E-state index is 0.539. The zero-order valence-electron chi connectivity index (χ0n) is 10.9. The number of hydrogen-bond donors (Lipinski definition) is 2. The van der Waals surface area contributed by atoms with E-state index >= 15 is 0 Å². The summed E-state index contributed by atoms with van der Waals surface area (Å²) in [5.41, 5.74) is 7.83. The van der Waals surface area contributed by atoms with Crippen LogP contribution in [-0.4, -0.2) is 18.6 Å². The predicted molar refractivity (Wildman–Crippen MR) is 80.9 cm³/mol. The molecule has 0 aliphatic rings. The zero-order valence-corrected chi connectivity index (χ0v) is 11.7. The van der Waals surface area contributed by atoms with E-state index in [1.54, 1.807) is 6.07 Å². The third-order valence-electron chi connectivity index (χ3n) is 2.78. The van der Waals surface area contributed by atoms with Gasteiger partial charge in [0.15, 0.2) is 0 Å². The van der Waals surface area contributed by atoms with Crippen LogP contribution in [0.25, 0.3) is 0 Å². The van der Waals surface area contributed by atoms with E-state index < -0.39 is 0 Å². The van der Waals surface area contributed by atoms with Gasteiger partial charge >= 0.3 is 0 Å². The third kappa shape index (κ3) is 5.33. The Kier molecular flexibility index (Phi) is 7.12. The minimum absolute atomic E-state index is 0.539. The van der Waals surface area contributed by atoms with Gasteiger partial charge in [0, 0.05) is 12.2 Å². The molecule has 0 unspecified atom stereocenters. The highest BCUT2D eigenvalue weighted by Gasteiger charge is 1.99. The van der Waals surface area contributed by atoms with Crippen LogP contribution in [0, 0.1) is 11.3 Å². The Morgan fingerprint density at radius 1 is 1.28 bits per heavy atom. The van der Waals surface area contributed by atoms with Gasteiger partial charge in [0.25, 0.3) is 0 Å². The summed E-state index contributed by atoms with van der Waals surface area (Å²) < 4.78 is 0. The Morgan fingerprint density at radius 3 is 2.72 bits per heavy atom. The lowest BCUT2D eigenvalue weighted by Crippen LogP contribution is -2.02. The summed E-state index contributed by atoms with van der Waals surface area (Å²) in [7, 11) is 0. The van der Waals surface area contributed by atoms with E-state index in [4.69, 9.17) is 11.0 Å². The smallest absolute Gasteiger partial charge is 0.101 e. The van der Waals surface area contributed by atoms with Crippen LogP contribution < -0.4 is 11.1 Å². The van der Waals surface area contributed by atoms with Gasteiger partial charge in [-0.2, -0.15) is 17.0 Å². The summed E-state index contributed by atoms with van der Waals surface area (Å²) in [6.45, 7) is 0.963. The fraction of sp³-hybridized carbons (Fsp3) is 0.500. The number of nitrogens with one attached hydrogen (secondary N) is 1. The molecule has 0 radical (unpaired) electrons. The number of nitriles is 1. The molecule has 0 aliphatic carbocycles. The molecule has 0 amide bonds. The molecule has 98 valence electrons. The molecule has 0 spiro atoms. The second kappa shape index (κ2) is 8.71. The van der Waals surface area contributed by atoms with Crippen molar-refractivity contribution in [1.29, 1.82) is 5.26 Å². The molecule has 1 aromatic carbocycles. The topological polar surface area (TPSA) is 61.8 Å². The van der Waals surface area contributed by atoms with Crippen LogP contribution in [0.2, 0.25) is 0 Å². The molecule has 0 fully saturated rings. The largest absolute Gasteiger partial charge is 0.398 e. The van der Waals surface area contributed by atoms with Crippen molar-refractivity contribution in [3.8, 4) is 6.07 Å². The van der Waals surface area contributed by atoms with E-state index in [1.165, 1.54) is 31.4 Å². The van der Waals surface area contributed by atoms with Crippen LogP contribution in [0.1, 0.15) is 31.2 Å². The Bertz CT molecular complexity index is 399. The van der Waals surface area contributed by atoms with Crippen LogP contribution >= 0.6 is 11.8 Å². The van der Waals surface area contributed by atoms with E-state index in [1.807, 2.05) is 23.9 Å². The molecule has 0 bridgehead atoms. The van der Waals surface area contributed by atoms with E-state index in [-0.39, 0.29) is 0 Å². The van der Waals surface area contributed by atoms with Gasteiger partial charge in [-0.25, -0.2) is 0 Å². The first-order chi connectivity index (χ1) is 8.77. The Labute approximate surface area is 114 Å². The maximum Gasteiger partial charge on any atom is 0.101 e. The van der Waals surface area contributed by atoms with Crippen LogP contribution in [0.15, 0.2) is 18.2 Å². The van der Waals surface area contributed by atoms with Crippen molar-refractivity contribution in [2.24, 2.45) is 0 Å². The first-order valence-electron chi connectivity index (χ1n) is 6.30. The number of benzene rings is 1. The fourth-order valence-electron chi connectivity index (χ4n) is 1.73. The number of rotatable bonds is 8. The Hall–Kier alpha value is -1.34. The second-order valence-electron chi connectivity index (χ2n) is 4.25. The van der Waals surface area contributed by atoms with Crippen molar-refractivity contribution in [2.45, 2.75) is 25.7 Å². The monoisotopic (exact) mass is 263 g/mol. The van der Waals surface area contributed by atoms with Gasteiger partial charge in [-0.15, -0.1) is 0 Å². The molecule has 3 N–H and O–H groups in total. The molecule has 18 heavy (non-hydrogen) atoms. The van der Waals surface area contributed by atoms with Gasteiger partial charge < -0.3 is 11.1 Å². The molecule has 3 nitrogen and oxygen atoms in total. The molecule has 0 heterocycles. The summed E-state index contributed by atoms with van der Waals surface area (Å²) in [6.07, 6.45) is 7.20. The number of hydrogen-bond acceptors (Lipinski definition) is 4. The standard InChI is InChI=1S/C14H21N3S/c1-18-9-5-3-2-4-8-17-13-7-6-12(11-15)14(16)10-13/h6-7,10,17H,2-5,8-9,16H2,1H3. The van der Waals surface area contributed by atoms with Crippen LogP contribution in [-0.2, 0) is 0 Å². The SMILES string of the molecule is CSCCCCCCNc1ccc(C#N)c(N)c1. The molecule has 0 atom stereocenters. The highest BCUT2D eigenvalue weighted by molar-refractivity contribution is 7.98. The predicted octanol–water partition coefficient (Wildman–Crippen LogP) is 3.48. The number of unbranched alkanes of at least 4 members (excludes halogenated alkanes) is 3. The molecule has 1 aromatic rings. The van der Waals surface area contributed by atoms with Crippen LogP contribution in [0.4, 0.5) is 11.4 Å². The number of nitrogen functional groups attached to an aromatic ring is 1. The molecule has 0 saturated heterocycles. The molecule has 0 aromatic heterocycles. The molecule has 0 saturated carbocycles. The Balaban J connectivity index is 2.20. The lowest BCUT2D eigenvalue weighted by molar-refractivity contribution is 0.689. The first kappa shape index (κ1) is 14.7. The second-order valence-corrected chi connectivity index (χ2v) is 5.23. The quantitative estimate of drug-likeness (QED) is 0.557. The van der Waals surface area contributed by atoms with Gasteiger partial charge in [-0.1, -0.05) is 12.8 Å². The van der Waals surface area contributed by atoms with E-state index in [0.29, 0.717) is 11.3 Å². The number of nitrogens with zero attached hydrogens (tertiary/aromatic N) is 1. The van der Waals surface area contributed by atoms with E-state index in [9.17, 15) is 0 Å². The summed E-state index contributed by atoms with van der Waals surface area (Å²) >= 11 is 1.91. The highest BCUT2D eigenvalue weighted by Crippen LogP contribution is 2.17. The molecular formula is C14H21N3S. The van der Waals surface area contributed by atoms with Crippen LogP contribution in [0.5, 0.6) is 0 Å². The summed E-state index contributed by atoms with van der Waals surface area (Å²) in [5, 5.41) is 12.1. The summed E-state index contributed by atoms with van der Waals surface area (Å²) in [6, 6.07) is 7.55. The van der Waals surface area contributed by atoms with Crippen molar-refractivity contribution in [3.63, 3.8) is 0 Å². The molecule has 0 aliphatic heterocycles. The Morgan fingerprint density at radius 2 is 2.06 bits per heavy atom. The normalized spacial score (nSPS) is 10.0. The van der Waals surface area contributed by atoms with E-state index in [0.717, 1.165) is 12.2 Å².